The average molecular weight is 126 g/mol. The molecule has 6 N–H and O–H groups in total. The zero-order chi connectivity index (χ0) is 6.28. The Kier molecular flexibility index (Phi) is 13.1. The second-order valence-electron chi connectivity index (χ2n) is 0.435. The molecule has 0 aromatic heterocycles. The molecule has 0 atom stereocenters. The van der Waals surface area contributed by atoms with Gasteiger partial charge in [-0.3, -0.25) is 5.41 Å². The molecule has 0 aliphatic carbocycles. The normalized spacial score (nSPS) is 6.86. The number of nitrogens with two attached hydrogens (primary N) is 1. The van der Waals surface area contributed by atoms with E-state index in [0.717, 1.165) is 6.34 Å². The zero-order valence-electron chi connectivity index (χ0n) is 3.44. The molecule has 0 aromatic carbocycles. The predicted molar refractivity (Wildman–Crippen MR) is 26.5 cm³/mol. The predicted octanol–water partition coefficient (Wildman–Crippen LogP) is -1.26. The molecule has 0 aliphatic heterocycles. The molecule has 0 radical (unpaired) electrons. The lowest BCUT2D eigenvalue weighted by molar-refractivity contribution is 0.368. The topological polar surface area (TPSA) is 111 Å². The lowest BCUT2D eigenvalue weighted by Gasteiger charge is -1.76. The summed E-state index contributed by atoms with van der Waals surface area (Å²) in [6.45, 7) is 0. The molecule has 0 rings (SSSR count). The fraction of sp³-hybridized carbons (Fsp3) is 0. The molecular weight excluding hydrogens is 119 g/mol. The quantitative estimate of drug-likeness (QED) is 0.158. The highest BCUT2D eigenvalue weighted by Gasteiger charge is 1.76. The van der Waals surface area contributed by atoms with Gasteiger partial charge in [0.05, 0.1) is 6.34 Å². The third-order valence-electron chi connectivity index (χ3n) is 0. The molecule has 0 bridgehead atoms. The maximum atomic E-state index is 7.23. The van der Waals surface area contributed by atoms with Gasteiger partial charge in [0, 0.05) is 0 Å². The van der Waals surface area contributed by atoms with Crippen LogP contribution in [0.5, 0.6) is 0 Å². The van der Waals surface area contributed by atoms with Gasteiger partial charge in [0.1, 0.15) is 0 Å². The Labute approximate surface area is 41.9 Å². The Morgan fingerprint density at radius 1 is 1.43 bits per heavy atom. The maximum Gasteiger partial charge on any atom is 0.324 e. The minimum Gasteiger partial charge on any atom is -0.390 e. The molecule has 0 saturated heterocycles. The molecule has 5 nitrogen and oxygen atoms in total. The number of hydrogen-bond donors (Lipinski definition) is 5. The monoisotopic (exact) mass is 126 g/mol. The highest BCUT2D eigenvalue weighted by atomic mass is 31.2. The van der Waals surface area contributed by atoms with E-state index in [1.165, 1.54) is 0 Å². The Bertz CT molecular complexity index is 37.2. The van der Waals surface area contributed by atoms with Crippen LogP contribution in [-0.2, 0) is 0 Å². The summed E-state index contributed by atoms with van der Waals surface area (Å²) in [6.07, 6.45) is 0.750. The van der Waals surface area contributed by atoms with Gasteiger partial charge in [0.25, 0.3) is 0 Å². The smallest absolute Gasteiger partial charge is 0.324 e. The highest BCUT2D eigenvalue weighted by molar-refractivity contribution is 7.38. The Morgan fingerprint density at radius 2 is 1.43 bits per heavy atom. The Morgan fingerprint density at radius 3 is 1.43 bits per heavy atom. The van der Waals surface area contributed by atoms with Crippen molar-refractivity contribution in [3.63, 3.8) is 0 Å². The van der Waals surface area contributed by atoms with Crippen LogP contribution >= 0.6 is 8.60 Å². The van der Waals surface area contributed by atoms with Crippen molar-refractivity contribution in [3.05, 3.63) is 0 Å². The SMILES string of the molecule is N=CN.OP(O)O. The summed E-state index contributed by atoms with van der Waals surface area (Å²) < 4.78 is 0. The zero-order valence-corrected chi connectivity index (χ0v) is 4.34. The molecule has 0 saturated carbocycles. The van der Waals surface area contributed by atoms with Crippen LogP contribution in [0.2, 0.25) is 0 Å². The summed E-state index contributed by atoms with van der Waals surface area (Å²) in [7, 11) is -2.62. The molecule has 0 heterocycles. The Balaban J connectivity index is 0. The lowest BCUT2D eigenvalue weighted by Crippen LogP contribution is -1.81. The van der Waals surface area contributed by atoms with Gasteiger partial charge in [0.2, 0.25) is 0 Å². The molecule has 0 aliphatic rings. The van der Waals surface area contributed by atoms with Crippen molar-refractivity contribution in [3.8, 4) is 0 Å². The molecule has 0 fully saturated rings. The maximum absolute atomic E-state index is 7.23. The Hall–Kier alpha value is -0.220. The molecule has 0 spiro atoms. The van der Waals surface area contributed by atoms with E-state index >= 15 is 0 Å². The van der Waals surface area contributed by atoms with Crippen molar-refractivity contribution in [2.45, 2.75) is 0 Å². The minimum absolute atomic E-state index is 0.750. The second kappa shape index (κ2) is 9.24. The van der Waals surface area contributed by atoms with Gasteiger partial charge in [-0.1, -0.05) is 0 Å². The molecule has 0 aromatic rings. The van der Waals surface area contributed by atoms with Crippen LogP contribution in [-0.4, -0.2) is 21.0 Å². The van der Waals surface area contributed by atoms with Gasteiger partial charge in [-0.05, 0) is 0 Å². The standard InChI is InChI=1S/CH4N2.H3O3P/c2-1-3;1-4(2)3/h1H,(H3,2,3);1-3H. The third kappa shape index (κ3) is 1710. The van der Waals surface area contributed by atoms with Crippen LogP contribution in [0.4, 0.5) is 0 Å². The number of nitrogens with one attached hydrogen (secondary N) is 1. The highest BCUT2D eigenvalue weighted by Crippen LogP contribution is 2.11. The summed E-state index contributed by atoms with van der Waals surface area (Å²) >= 11 is 0. The van der Waals surface area contributed by atoms with E-state index in [1.54, 1.807) is 0 Å². The number of rotatable bonds is 0. The first-order valence-electron chi connectivity index (χ1n) is 1.22. The van der Waals surface area contributed by atoms with Crippen LogP contribution in [0.15, 0.2) is 0 Å². The van der Waals surface area contributed by atoms with E-state index in [1.807, 2.05) is 0 Å². The molecule has 44 valence electrons. The summed E-state index contributed by atoms with van der Waals surface area (Å²) in [4.78, 5) is 21.7. The van der Waals surface area contributed by atoms with Crippen molar-refractivity contribution in [2.75, 3.05) is 0 Å². The van der Waals surface area contributed by atoms with Crippen molar-refractivity contribution in [2.24, 2.45) is 5.73 Å². The molecule has 7 heavy (non-hydrogen) atoms. The summed E-state index contributed by atoms with van der Waals surface area (Å²) in [5.74, 6) is 0. The second-order valence-corrected chi connectivity index (χ2v) is 0.972. The van der Waals surface area contributed by atoms with Crippen LogP contribution in [0.25, 0.3) is 0 Å². The first kappa shape index (κ1) is 9.91. The fourth-order valence-electron chi connectivity index (χ4n) is 0. The van der Waals surface area contributed by atoms with E-state index in [2.05, 4.69) is 5.73 Å². The number of hydrogen-bond acceptors (Lipinski definition) is 4. The summed E-state index contributed by atoms with van der Waals surface area (Å²) in [5, 5.41) is 5.86. The largest absolute Gasteiger partial charge is 0.390 e. The van der Waals surface area contributed by atoms with Gasteiger partial charge in [-0.2, -0.15) is 0 Å². The summed E-state index contributed by atoms with van der Waals surface area (Å²) in [6, 6.07) is 0. The minimum atomic E-state index is -2.62. The van der Waals surface area contributed by atoms with Crippen LogP contribution in [0, 0.1) is 5.41 Å². The van der Waals surface area contributed by atoms with E-state index in [9.17, 15) is 0 Å². The van der Waals surface area contributed by atoms with Gasteiger partial charge in [-0.25, -0.2) is 0 Å². The summed E-state index contributed by atoms with van der Waals surface area (Å²) in [5.41, 5.74) is 4.39. The lowest BCUT2D eigenvalue weighted by atomic mass is 11.4. The van der Waals surface area contributed by atoms with Crippen LogP contribution in [0.3, 0.4) is 0 Å². The molecular formula is CH7N2O3P. The molecule has 0 amide bonds. The van der Waals surface area contributed by atoms with E-state index in [-0.39, 0.29) is 0 Å². The van der Waals surface area contributed by atoms with Crippen molar-refractivity contribution in [1.82, 2.24) is 0 Å². The third-order valence-corrected chi connectivity index (χ3v) is 0. The van der Waals surface area contributed by atoms with E-state index in [0.29, 0.717) is 0 Å². The van der Waals surface area contributed by atoms with Gasteiger partial charge in [0.15, 0.2) is 0 Å². The van der Waals surface area contributed by atoms with Crippen molar-refractivity contribution >= 4 is 14.9 Å². The van der Waals surface area contributed by atoms with Crippen molar-refractivity contribution < 1.29 is 14.7 Å². The van der Waals surface area contributed by atoms with Gasteiger partial charge >= 0.3 is 8.60 Å². The van der Waals surface area contributed by atoms with Crippen LogP contribution in [0.1, 0.15) is 0 Å². The average Bonchev–Trinajstić information content (AvgIpc) is 1.33. The van der Waals surface area contributed by atoms with Gasteiger partial charge in [-0.15, -0.1) is 0 Å². The first-order valence-corrected chi connectivity index (χ1v) is 2.42. The van der Waals surface area contributed by atoms with E-state index in [4.69, 9.17) is 20.1 Å². The van der Waals surface area contributed by atoms with Gasteiger partial charge < -0.3 is 20.4 Å². The molecule has 0 unspecified atom stereocenters. The van der Waals surface area contributed by atoms with Crippen molar-refractivity contribution in [1.29, 1.82) is 5.41 Å². The van der Waals surface area contributed by atoms with Crippen LogP contribution < -0.4 is 5.73 Å². The molecule has 6 heteroatoms. The first-order chi connectivity index (χ1) is 3.15. The fourth-order valence-corrected chi connectivity index (χ4v) is 0. The van der Waals surface area contributed by atoms with E-state index < -0.39 is 8.60 Å².